The maximum absolute atomic E-state index is 12.5. The standard InChI is InChI=1S/C26H40ClNO3/c1-2-3-4-5-6-7-8-9-10-11-12-13-14-15-16-17-25(29)28(22-26(30)31)24-20-18-23(27)19-21-24/h9-10,18-21H,2-8,11-17,22H2,1H3,(H,30,31)/b10-9-. The van der Waals surface area contributed by atoms with Crippen LogP contribution in [0.5, 0.6) is 0 Å². The Bertz CT molecular complexity index is 643. The van der Waals surface area contributed by atoms with Gasteiger partial charge < -0.3 is 10.0 Å². The zero-order valence-electron chi connectivity index (χ0n) is 19.2. The second kappa shape index (κ2) is 17.8. The van der Waals surface area contributed by atoms with E-state index in [1.807, 2.05) is 0 Å². The van der Waals surface area contributed by atoms with Crippen molar-refractivity contribution in [3.8, 4) is 0 Å². The normalized spacial score (nSPS) is 11.2. The molecule has 0 spiro atoms. The molecular weight excluding hydrogens is 410 g/mol. The third kappa shape index (κ3) is 14.0. The second-order valence-corrected chi connectivity index (χ2v) is 8.62. The number of amides is 1. The van der Waals surface area contributed by atoms with E-state index in [1.165, 1.54) is 62.7 Å². The molecule has 1 rings (SSSR count). The smallest absolute Gasteiger partial charge is 0.323 e. The Balaban J connectivity index is 2.11. The van der Waals surface area contributed by atoms with E-state index in [1.54, 1.807) is 24.3 Å². The summed E-state index contributed by atoms with van der Waals surface area (Å²) < 4.78 is 0. The van der Waals surface area contributed by atoms with E-state index in [4.69, 9.17) is 16.7 Å². The Kier molecular flexibility index (Phi) is 15.7. The number of carboxylic acids is 1. The van der Waals surface area contributed by atoms with Crippen molar-refractivity contribution in [2.75, 3.05) is 11.4 Å². The minimum atomic E-state index is -1.02. The molecule has 0 aliphatic rings. The van der Waals surface area contributed by atoms with Gasteiger partial charge in [0.1, 0.15) is 6.54 Å². The number of aliphatic carboxylic acids is 1. The van der Waals surface area contributed by atoms with Gasteiger partial charge >= 0.3 is 5.97 Å². The van der Waals surface area contributed by atoms with Crippen molar-refractivity contribution in [3.63, 3.8) is 0 Å². The van der Waals surface area contributed by atoms with Crippen LogP contribution < -0.4 is 4.90 Å². The number of carbonyl (C=O) groups is 2. The van der Waals surface area contributed by atoms with Crippen LogP contribution in [0, 0.1) is 0 Å². The fourth-order valence-electron chi connectivity index (χ4n) is 3.56. The van der Waals surface area contributed by atoms with E-state index in [2.05, 4.69) is 19.1 Å². The van der Waals surface area contributed by atoms with Crippen LogP contribution in [0.1, 0.15) is 96.8 Å². The predicted molar refractivity (Wildman–Crippen MR) is 131 cm³/mol. The highest BCUT2D eigenvalue weighted by Crippen LogP contribution is 2.20. The summed E-state index contributed by atoms with van der Waals surface area (Å²) in [5.74, 6) is -1.17. The second-order valence-electron chi connectivity index (χ2n) is 8.18. The number of unbranched alkanes of at least 4 members (excludes halogenated alkanes) is 11. The maximum atomic E-state index is 12.5. The molecule has 0 atom stereocenters. The lowest BCUT2D eigenvalue weighted by Gasteiger charge is -2.21. The Morgan fingerprint density at radius 1 is 0.839 bits per heavy atom. The fraction of sp³-hybridized carbons (Fsp3) is 0.615. The molecule has 5 heteroatoms. The van der Waals surface area contributed by atoms with Crippen LogP contribution in [0.15, 0.2) is 36.4 Å². The Morgan fingerprint density at radius 2 is 1.35 bits per heavy atom. The number of hydrogen-bond donors (Lipinski definition) is 1. The summed E-state index contributed by atoms with van der Waals surface area (Å²) in [6, 6.07) is 6.70. The predicted octanol–water partition coefficient (Wildman–Crippen LogP) is 7.80. The molecule has 4 nitrogen and oxygen atoms in total. The molecule has 0 bridgehead atoms. The lowest BCUT2D eigenvalue weighted by atomic mass is 10.1. The molecule has 174 valence electrons. The van der Waals surface area contributed by atoms with Crippen LogP contribution in [0.3, 0.4) is 0 Å². The van der Waals surface area contributed by atoms with Gasteiger partial charge in [0, 0.05) is 17.1 Å². The number of hydrogen-bond acceptors (Lipinski definition) is 2. The van der Waals surface area contributed by atoms with Gasteiger partial charge in [0.2, 0.25) is 5.91 Å². The van der Waals surface area contributed by atoms with E-state index < -0.39 is 5.97 Å². The number of allylic oxidation sites excluding steroid dienone is 2. The Morgan fingerprint density at radius 3 is 1.90 bits per heavy atom. The lowest BCUT2D eigenvalue weighted by Crippen LogP contribution is -2.35. The first-order valence-electron chi connectivity index (χ1n) is 12.0. The van der Waals surface area contributed by atoms with E-state index in [-0.39, 0.29) is 12.5 Å². The highest BCUT2D eigenvalue weighted by Gasteiger charge is 2.18. The third-order valence-electron chi connectivity index (χ3n) is 5.39. The van der Waals surface area contributed by atoms with Crippen LogP contribution in [0.2, 0.25) is 5.02 Å². The molecule has 1 aromatic rings. The van der Waals surface area contributed by atoms with Crippen molar-refractivity contribution in [2.45, 2.75) is 96.8 Å². The Labute approximate surface area is 193 Å². The van der Waals surface area contributed by atoms with E-state index in [0.717, 1.165) is 25.7 Å². The minimum Gasteiger partial charge on any atom is -0.480 e. The van der Waals surface area contributed by atoms with Gasteiger partial charge in [-0.3, -0.25) is 9.59 Å². The average molecular weight is 450 g/mol. The van der Waals surface area contributed by atoms with Gasteiger partial charge in [0.05, 0.1) is 0 Å². The first kappa shape index (κ1) is 27.2. The van der Waals surface area contributed by atoms with E-state index >= 15 is 0 Å². The molecule has 0 aromatic heterocycles. The van der Waals surface area contributed by atoms with Gasteiger partial charge in [0.25, 0.3) is 0 Å². The molecule has 0 radical (unpaired) electrons. The summed E-state index contributed by atoms with van der Waals surface area (Å²) >= 11 is 5.88. The first-order chi connectivity index (χ1) is 15.0. The van der Waals surface area contributed by atoms with Gasteiger partial charge in [-0.15, -0.1) is 0 Å². The quantitative estimate of drug-likeness (QED) is 0.184. The highest BCUT2D eigenvalue weighted by molar-refractivity contribution is 6.30. The largest absolute Gasteiger partial charge is 0.480 e. The molecule has 0 unspecified atom stereocenters. The van der Waals surface area contributed by atoms with Gasteiger partial charge in [-0.1, -0.05) is 82.0 Å². The summed E-state index contributed by atoms with van der Waals surface area (Å²) in [5.41, 5.74) is 0.574. The minimum absolute atomic E-state index is 0.151. The number of carboxylic acid groups (broad SMARTS) is 1. The van der Waals surface area contributed by atoms with E-state index in [0.29, 0.717) is 17.1 Å². The molecule has 0 heterocycles. The Hall–Kier alpha value is -1.81. The summed E-state index contributed by atoms with van der Waals surface area (Å²) in [6.07, 6.45) is 20.7. The average Bonchev–Trinajstić information content (AvgIpc) is 2.75. The summed E-state index contributed by atoms with van der Waals surface area (Å²) in [5, 5.41) is 9.69. The van der Waals surface area contributed by atoms with Gasteiger partial charge in [-0.2, -0.15) is 0 Å². The van der Waals surface area contributed by atoms with Crippen molar-refractivity contribution < 1.29 is 14.7 Å². The monoisotopic (exact) mass is 449 g/mol. The number of halogens is 1. The van der Waals surface area contributed by atoms with Crippen molar-refractivity contribution in [2.24, 2.45) is 0 Å². The van der Waals surface area contributed by atoms with Gasteiger partial charge in [0.15, 0.2) is 0 Å². The van der Waals surface area contributed by atoms with Crippen molar-refractivity contribution in [3.05, 3.63) is 41.4 Å². The van der Waals surface area contributed by atoms with Gasteiger partial charge in [-0.05, 0) is 56.4 Å². The van der Waals surface area contributed by atoms with Crippen LogP contribution in [0.4, 0.5) is 5.69 Å². The summed E-state index contributed by atoms with van der Waals surface area (Å²) in [4.78, 5) is 25.0. The molecule has 0 aliphatic heterocycles. The number of benzene rings is 1. The van der Waals surface area contributed by atoms with Crippen molar-refractivity contribution >= 4 is 29.2 Å². The molecular formula is C26H40ClNO3. The molecule has 0 saturated heterocycles. The zero-order chi connectivity index (χ0) is 22.7. The topological polar surface area (TPSA) is 57.6 Å². The number of carbonyl (C=O) groups excluding carboxylic acids is 1. The van der Waals surface area contributed by atoms with Crippen LogP contribution in [-0.4, -0.2) is 23.5 Å². The molecule has 31 heavy (non-hydrogen) atoms. The molecule has 1 amide bonds. The van der Waals surface area contributed by atoms with E-state index in [9.17, 15) is 9.59 Å². The van der Waals surface area contributed by atoms with Crippen molar-refractivity contribution in [1.29, 1.82) is 0 Å². The highest BCUT2D eigenvalue weighted by atomic mass is 35.5. The number of nitrogens with zero attached hydrogens (tertiary/aromatic N) is 1. The molecule has 0 saturated carbocycles. The molecule has 1 N–H and O–H groups in total. The van der Waals surface area contributed by atoms with Crippen LogP contribution >= 0.6 is 11.6 Å². The zero-order valence-corrected chi connectivity index (χ0v) is 19.9. The molecule has 1 aromatic carbocycles. The van der Waals surface area contributed by atoms with Crippen molar-refractivity contribution in [1.82, 2.24) is 0 Å². The number of anilines is 1. The van der Waals surface area contributed by atoms with Crippen LogP contribution in [-0.2, 0) is 9.59 Å². The van der Waals surface area contributed by atoms with Crippen LogP contribution in [0.25, 0.3) is 0 Å². The SMILES string of the molecule is CCCCCCCC/C=C\CCCCCCCC(=O)N(CC(=O)O)c1ccc(Cl)cc1. The maximum Gasteiger partial charge on any atom is 0.323 e. The molecule has 0 fully saturated rings. The lowest BCUT2D eigenvalue weighted by molar-refractivity contribution is -0.136. The third-order valence-corrected chi connectivity index (χ3v) is 5.64. The fourth-order valence-corrected chi connectivity index (χ4v) is 3.69. The number of rotatable bonds is 18. The summed E-state index contributed by atoms with van der Waals surface area (Å²) in [6.45, 7) is 1.92. The van der Waals surface area contributed by atoms with Gasteiger partial charge in [-0.25, -0.2) is 0 Å². The summed E-state index contributed by atoms with van der Waals surface area (Å²) in [7, 11) is 0. The first-order valence-corrected chi connectivity index (χ1v) is 12.3. The molecule has 0 aliphatic carbocycles.